The standard InChI is InChI=1S/C22H25ClF2N2O2/c1-21(2,29)14-3-5-15(6-4-14)27-20(28)13-7-12-8-18(23)16(9-19(12)26-11-13)17-10-22(17,24)25/h7-9,11,14-15,17,29H,3-6,10H2,1-2H3,(H,27,28)/t14-,15-,17-/m1/s1. The molecule has 2 N–H and O–H groups in total. The van der Waals surface area contributed by atoms with E-state index in [-0.39, 0.29) is 29.3 Å². The number of hydrogen-bond donors (Lipinski definition) is 2. The lowest BCUT2D eigenvalue weighted by Gasteiger charge is -2.36. The van der Waals surface area contributed by atoms with Crippen LogP contribution in [0.4, 0.5) is 8.78 Å². The molecule has 156 valence electrons. The Morgan fingerprint density at radius 2 is 1.90 bits per heavy atom. The molecular formula is C22H25ClF2N2O2. The van der Waals surface area contributed by atoms with E-state index in [0.29, 0.717) is 22.0 Å². The van der Waals surface area contributed by atoms with Gasteiger partial charge in [-0.25, -0.2) is 8.78 Å². The van der Waals surface area contributed by atoms with Crippen molar-refractivity contribution in [3.8, 4) is 0 Å². The van der Waals surface area contributed by atoms with Crippen molar-refractivity contribution in [2.45, 2.75) is 69.4 Å². The van der Waals surface area contributed by atoms with E-state index in [9.17, 15) is 18.7 Å². The molecule has 1 amide bonds. The van der Waals surface area contributed by atoms with Crippen molar-refractivity contribution >= 4 is 28.4 Å². The van der Waals surface area contributed by atoms with E-state index in [1.165, 1.54) is 6.20 Å². The molecule has 0 saturated heterocycles. The summed E-state index contributed by atoms with van der Waals surface area (Å²) in [4.78, 5) is 17.0. The SMILES string of the molecule is CC(C)(O)[C@H]1CC[C@H](NC(=O)c2cnc3cc([C@H]4CC4(F)F)c(Cl)cc3c2)CC1. The molecule has 0 radical (unpaired) electrons. The van der Waals surface area contributed by atoms with Gasteiger partial charge in [0.2, 0.25) is 0 Å². The lowest BCUT2D eigenvalue weighted by atomic mass is 9.77. The fraction of sp³-hybridized carbons (Fsp3) is 0.545. The van der Waals surface area contributed by atoms with Crippen LogP contribution >= 0.6 is 11.6 Å². The zero-order valence-corrected chi connectivity index (χ0v) is 17.3. The van der Waals surface area contributed by atoms with Crippen molar-refractivity contribution in [1.29, 1.82) is 0 Å². The number of pyridine rings is 1. The van der Waals surface area contributed by atoms with Gasteiger partial charge < -0.3 is 10.4 Å². The third kappa shape index (κ3) is 4.24. The Labute approximate surface area is 173 Å². The number of aliphatic hydroxyl groups is 1. The molecule has 0 unspecified atom stereocenters. The third-order valence-electron chi connectivity index (χ3n) is 6.32. The molecule has 2 aliphatic rings. The van der Waals surface area contributed by atoms with Gasteiger partial charge in [0.25, 0.3) is 11.8 Å². The van der Waals surface area contributed by atoms with Gasteiger partial charge in [0.1, 0.15) is 0 Å². The van der Waals surface area contributed by atoms with E-state index in [0.717, 1.165) is 25.7 Å². The number of rotatable bonds is 4. The molecule has 2 saturated carbocycles. The normalized spacial score (nSPS) is 26.3. The van der Waals surface area contributed by atoms with E-state index in [2.05, 4.69) is 10.3 Å². The van der Waals surface area contributed by atoms with Crippen molar-refractivity contribution in [1.82, 2.24) is 10.3 Å². The molecule has 1 heterocycles. The van der Waals surface area contributed by atoms with Crippen LogP contribution in [-0.2, 0) is 0 Å². The molecule has 4 rings (SSSR count). The monoisotopic (exact) mass is 422 g/mol. The number of alkyl halides is 2. The van der Waals surface area contributed by atoms with Gasteiger partial charge in [-0.05, 0) is 69.2 Å². The third-order valence-corrected chi connectivity index (χ3v) is 6.65. The second-order valence-corrected chi connectivity index (χ2v) is 9.39. The van der Waals surface area contributed by atoms with Gasteiger partial charge in [0, 0.05) is 29.1 Å². The van der Waals surface area contributed by atoms with Crippen LogP contribution in [-0.4, -0.2) is 33.6 Å². The van der Waals surface area contributed by atoms with Crippen LogP contribution in [0.3, 0.4) is 0 Å². The molecule has 4 nitrogen and oxygen atoms in total. The number of nitrogens with zero attached hydrogens (tertiary/aromatic N) is 1. The summed E-state index contributed by atoms with van der Waals surface area (Å²) in [6, 6.07) is 4.97. The molecule has 1 aromatic carbocycles. The van der Waals surface area contributed by atoms with E-state index >= 15 is 0 Å². The van der Waals surface area contributed by atoms with Gasteiger partial charge in [-0.3, -0.25) is 9.78 Å². The number of amides is 1. The van der Waals surface area contributed by atoms with E-state index in [1.54, 1.807) is 18.2 Å². The van der Waals surface area contributed by atoms with Crippen LogP contribution in [0.25, 0.3) is 10.9 Å². The maximum Gasteiger partial charge on any atom is 0.255 e. The Hall–Kier alpha value is -1.79. The molecule has 7 heteroatoms. The fourth-order valence-corrected chi connectivity index (χ4v) is 4.62. The summed E-state index contributed by atoms with van der Waals surface area (Å²) in [7, 11) is 0. The quantitative estimate of drug-likeness (QED) is 0.723. The minimum absolute atomic E-state index is 0.0693. The summed E-state index contributed by atoms with van der Waals surface area (Å²) in [5.41, 5.74) is 0.689. The van der Waals surface area contributed by atoms with E-state index in [4.69, 9.17) is 11.6 Å². The van der Waals surface area contributed by atoms with Crippen LogP contribution in [0.5, 0.6) is 0 Å². The lowest BCUT2D eigenvalue weighted by Crippen LogP contribution is -2.41. The first-order valence-electron chi connectivity index (χ1n) is 10.0. The van der Waals surface area contributed by atoms with Crippen LogP contribution in [0, 0.1) is 5.92 Å². The van der Waals surface area contributed by atoms with Crippen LogP contribution < -0.4 is 5.32 Å². The second-order valence-electron chi connectivity index (χ2n) is 8.98. The summed E-state index contributed by atoms with van der Waals surface area (Å²) < 4.78 is 26.8. The van der Waals surface area contributed by atoms with E-state index < -0.39 is 17.4 Å². The number of benzene rings is 1. The number of halogens is 3. The molecular weight excluding hydrogens is 398 g/mol. The zero-order valence-electron chi connectivity index (χ0n) is 16.5. The Morgan fingerprint density at radius 1 is 1.24 bits per heavy atom. The Bertz CT molecular complexity index is 950. The van der Waals surface area contributed by atoms with Crippen molar-refractivity contribution in [2.75, 3.05) is 0 Å². The first-order valence-corrected chi connectivity index (χ1v) is 10.4. The molecule has 0 bridgehead atoms. The predicted octanol–water partition coefficient (Wildman–Crippen LogP) is 5.07. The van der Waals surface area contributed by atoms with Gasteiger partial charge in [-0.1, -0.05) is 11.6 Å². The Kier molecular flexibility index (Phi) is 5.06. The van der Waals surface area contributed by atoms with Crippen LogP contribution in [0.15, 0.2) is 24.4 Å². The van der Waals surface area contributed by atoms with Crippen LogP contribution in [0.2, 0.25) is 5.02 Å². The summed E-state index contributed by atoms with van der Waals surface area (Å²) in [5.74, 6) is -3.50. The molecule has 0 spiro atoms. The molecule has 2 aliphatic carbocycles. The number of aromatic nitrogens is 1. The number of carbonyl (C=O) groups is 1. The highest BCUT2D eigenvalue weighted by molar-refractivity contribution is 6.32. The maximum absolute atomic E-state index is 13.4. The van der Waals surface area contributed by atoms with Crippen molar-refractivity contribution in [3.63, 3.8) is 0 Å². The minimum atomic E-state index is -2.69. The number of nitrogens with one attached hydrogen (secondary N) is 1. The summed E-state index contributed by atoms with van der Waals surface area (Å²) >= 11 is 6.22. The maximum atomic E-state index is 13.4. The van der Waals surface area contributed by atoms with Crippen molar-refractivity contribution < 1.29 is 18.7 Å². The molecule has 1 atom stereocenters. The average Bonchev–Trinajstić information content (AvgIpc) is 3.28. The molecule has 29 heavy (non-hydrogen) atoms. The van der Waals surface area contributed by atoms with Crippen LogP contribution in [0.1, 0.15) is 67.8 Å². The smallest absolute Gasteiger partial charge is 0.255 e. The van der Waals surface area contributed by atoms with E-state index in [1.807, 2.05) is 13.8 Å². The highest BCUT2D eigenvalue weighted by Gasteiger charge is 2.58. The molecule has 1 aromatic heterocycles. The topological polar surface area (TPSA) is 62.2 Å². The van der Waals surface area contributed by atoms with Gasteiger partial charge in [0.15, 0.2) is 0 Å². The molecule has 2 fully saturated rings. The number of fused-ring (bicyclic) bond motifs is 1. The second kappa shape index (κ2) is 7.17. The number of carbonyl (C=O) groups excluding carboxylic acids is 1. The minimum Gasteiger partial charge on any atom is -0.390 e. The highest BCUT2D eigenvalue weighted by Crippen LogP contribution is 2.57. The largest absolute Gasteiger partial charge is 0.390 e. The Morgan fingerprint density at radius 3 is 2.48 bits per heavy atom. The molecule has 2 aromatic rings. The van der Waals surface area contributed by atoms with Gasteiger partial charge in [-0.15, -0.1) is 0 Å². The lowest BCUT2D eigenvalue weighted by molar-refractivity contribution is -0.00257. The van der Waals surface area contributed by atoms with Crippen molar-refractivity contribution in [3.05, 3.63) is 40.5 Å². The molecule has 0 aliphatic heterocycles. The van der Waals surface area contributed by atoms with Crippen molar-refractivity contribution in [2.24, 2.45) is 5.92 Å². The van der Waals surface area contributed by atoms with Gasteiger partial charge >= 0.3 is 0 Å². The average molecular weight is 423 g/mol. The zero-order chi connectivity index (χ0) is 21.0. The number of hydrogen-bond acceptors (Lipinski definition) is 3. The predicted molar refractivity (Wildman–Crippen MR) is 109 cm³/mol. The summed E-state index contributed by atoms with van der Waals surface area (Å²) in [6.45, 7) is 3.66. The Balaban J connectivity index is 1.45. The highest BCUT2D eigenvalue weighted by atomic mass is 35.5. The summed E-state index contributed by atoms with van der Waals surface area (Å²) in [5, 5.41) is 14.1. The first kappa shape index (κ1) is 20.5. The summed E-state index contributed by atoms with van der Waals surface area (Å²) in [6.07, 6.45) is 4.68. The van der Waals surface area contributed by atoms with Gasteiger partial charge in [0.05, 0.1) is 22.6 Å². The fourth-order valence-electron chi connectivity index (χ4n) is 4.32. The van der Waals surface area contributed by atoms with Gasteiger partial charge in [-0.2, -0.15) is 0 Å². The first-order chi connectivity index (χ1) is 13.5.